The Labute approximate surface area is 390 Å². The molecule has 8 rings (SSSR count). The molecule has 4 fully saturated rings. The molecule has 1 spiro atoms. The van der Waals surface area contributed by atoms with Crippen LogP contribution in [0.1, 0.15) is 75.1 Å². The Kier molecular flexibility index (Phi) is 13.5. The van der Waals surface area contributed by atoms with Crippen molar-refractivity contribution in [2.24, 2.45) is 16.7 Å². The van der Waals surface area contributed by atoms with E-state index >= 15 is 0 Å². The van der Waals surface area contributed by atoms with Crippen LogP contribution >= 0.6 is 11.6 Å². The van der Waals surface area contributed by atoms with E-state index in [1.165, 1.54) is 25.4 Å². The smallest absolute Gasteiger partial charge is 0.453 e. The third-order valence-corrected chi connectivity index (χ3v) is 13.7. The number of ether oxygens (including phenoxy) is 3. The summed E-state index contributed by atoms with van der Waals surface area (Å²) in [5, 5.41) is 15.0. The minimum absolute atomic E-state index is 0.0139. The molecule has 358 valence electrons. The van der Waals surface area contributed by atoms with Gasteiger partial charge in [-0.15, -0.1) is 13.2 Å². The van der Waals surface area contributed by atoms with Crippen LogP contribution in [0.5, 0.6) is 5.75 Å². The van der Waals surface area contributed by atoms with Crippen LogP contribution in [0.3, 0.4) is 0 Å². The summed E-state index contributed by atoms with van der Waals surface area (Å²) in [4.78, 5) is 71.1. The number of rotatable bonds is 12. The van der Waals surface area contributed by atoms with Crippen LogP contribution < -0.4 is 20.3 Å². The van der Waals surface area contributed by atoms with Gasteiger partial charge >= 0.3 is 12.5 Å². The lowest BCUT2D eigenvalue weighted by Gasteiger charge is -2.42. The maximum absolute atomic E-state index is 14.3. The number of alkyl carbamates (subject to hydrolysis) is 1. The molecule has 1 aliphatic carbocycles. The number of hydrogen-bond acceptors (Lipinski definition) is 11. The number of hydrogen-bond donors (Lipinski definition) is 4. The number of halogens is 4. The van der Waals surface area contributed by atoms with Gasteiger partial charge in [0.1, 0.15) is 23.4 Å². The topological polar surface area (TPSA) is 192 Å². The first-order valence-corrected chi connectivity index (χ1v) is 22.7. The Hall–Kier alpha value is -5.92. The number of piperazine rings is 1. The van der Waals surface area contributed by atoms with Gasteiger partial charge in [0.05, 0.1) is 53.3 Å². The molecule has 1 saturated carbocycles. The molecule has 4 N–H and O–H groups in total. The summed E-state index contributed by atoms with van der Waals surface area (Å²) in [5.74, 6) is -0.559. The van der Waals surface area contributed by atoms with E-state index in [0.717, 1.165) is 18.9 Å². The van der Waals surface area contributed by atoms with E-state index in [1.807, 2.05) is 16.7 Å². The van der Waals surface area contributed by atoms with Crippen molar-refractivity contribution in [3.8, 4) is 28.1 Å². The Morgan fingerprint density at radius 2 is 1.73 bits per heavy atom. The third kappa shape index (κ3) is 10.5. The van der Waals surface area contributed by atoms with Gasteiger partial charge in [0, 0.05) is 63.3 Å². The van der Waals surface area contributed by atoms with Crippen LogP contribution in [0.4, 0.5) is 29.5 Å². The van der Waals surface area contributed by atoms with Gasteiger partial charge < -0.3 is 49.6 Å². The maximum Gasteiger partial charge on any atom is 0.573 e. The van der Waals surface area contributed by atoms with Gasteiger partial charge in [-0.25, -0.2) is 14.8 Å². The molecule has 2 aromatic heterocycles. The fourth-order valence-corrected chi connectivity index (χ4v) is 9.51. The number of aromatic nitrogens is 3. The molecule has 0 unspecified atom stereocenters. The minimum atomic E-state index is -5.07. The second kappa shape index (κ2) is 19.0. The zero-order chi connectivity index (χ0) is 47.8. The molecule has 16 nitrogen and oxygen atoms in total. The molecule has 5 heterocycles. The highest BCUT2D eigenvalue weighted by molar-refractivity contribution is 6.34. The number of anilines is 2. The van der Waals surface area contributed by atoms with Crippen LogP contribution in [0.25, 0.3) is 22.4 Å². The quantitative estimate of drug-likeness (QED) is 0.112. The number of carbonyl (C=O) groups is 4. The molecule has 3 atom stereocenters. The van der Waals surface area contributed by atoms with Gasteiger partial charge in [0.15, 0.2) is 0 Å². The van der Waals surface area contributed by atoms with E-state index in [4.69, 9.17) is 26.1 Å². The molecule has 67 heavy (non-hydrogen) atoms. The van der Waals surface area contributed by atoms with E-state index in [1.54, 1.807) is 55.3 Å². The lowest BCUT2D eigenvalue weighted by atomic mass is 9.90. The maximum atomic E-state index is 14.3. The number of amides is 4. The third-order valence-electron chi connectivity index (χ3n) is 13.4. The highest BCUT2D eigenvalue weighted by Crippen LogP contribution is 2.58. The Bertz CT molecular complexity index is 2480. The zero-order valence-electron chi connectivity index (χ0n) is 37.6. The summed E-state index contributed by atoms with van der Waals surface area (Å²) < 4.78 is 56.4. The van der Waals surface area contributed by atoms with Gasteiger partial charge in [-0.1, -0.05) is 35.9 Å². The minimum Gasteiger partial charge on any atom is -0.453 e. The molecule has 3 aliphatic heterocycles. The van der Waals surface area contributed by atoms with Crippen LogP contribution in [-0.4, -0.2) is 125 Å². The summed E-state index contributed by atoms with van der Waals surface area (Å²) in [6.07, 6.45) is 1.16. The molecule has 2 aromatic carbocycles. The molecular weight excluding hydrogens is 897 g/mol. The predicted octanol–water partition coefficient (Wildman–Crippen LogP) is 7.20. The zero-order valence-corrected chi connectivity index (χ0v) is 38.4. The first-order chi connectivity index (χ1) is 31.9. The Morgan fingerprint density at radius 1 is 1.01 bits per heavy atom. The lowest BCUT2D eigenvalue weighted by Crippen LogP contribution is -2.56. The summed E-state index contributed by atoms with van der Waals surface area (Å²) >= 11 is 6.63. The second-order valence-electron chi connectivity index (χ2n) is 18.6. The number of carbonyl (C=O) groups excluding carboxylic acids is 4. The Morgan fingerprint density at radius 3 is 2.36 bits per heavy atom. The van der Waals surface area contributed by atoms with E-state index in [9.17, 15) is 37.5 Å². The summed E-state index contributed by atoms with van der Waals surface area (Å²) in [6.45, 7) is 7.91. The molecule has 4 amide bonds. The van der Waals surface area contributed by atoms with Gasteiger partial charge in [-0.05, 0) is 93.5 Å². The van der Waals surface area contributed by atoms with Crippen LogP contribution in [0.2, 0.25) is 5.02 Å². The number of H-pyrrole nitrogens is 1. The van der Waals surface area contributed by atoms with Crippen molar-refractivity contribution in [3.05, 3.63) is 77.3 Å². The fourth-order valence-electron chi connectivity index (χ4n) is 9.29. The van der Waals surface area contributed by atoms with Gasteiger partial charge in [-0.2, -0.15) is 0 Å². The lowest BCUT2D eigenvalue weighted by molar-refractivity contribution is -0.274. The van der Waals surface area contributed by atoms with E-state index < -0.39 is 35.6 Å². The average molecular weight is 951 g/mol. The molecule has 0 bridgehead atoms. The summed E-state index contributed by atoms with van der Waals surface area (Å²) in [5.41, 5.74) is 0.762. The van der Waals surface area contributed by atoms with Crippen LogP contribution in [-0.2, 0) is 19.1 Å². The average Bonchev–Trinajstić information content (AvgIpc) is 3.70. The van der Waals surface area contributed by atoms with E-state index in [-0.39, 0.29) is 63.7 Å². The monoisotopic (exact) mass is 950 g/mol. The van der Waals surface area contributed by atoms with Gasteiger partial charge in [0.25, 0.3) is 5.91 Å². The number of aromatic amines is 1. The first-order valence-electron chi connectivity index (χ1n) is 22.3. The van der Waals surface area contributed by atoms with E-state index in [2.05, 4.69) is 25.3 Å². The Balaban J connectivity index is 0.964. The summed E-state index contributed by atoms with van der Waals surface area (Å²) in [7, 11) is 1.26. The molecule has 3 saturated heterocycles. The SMILES string of the molecule is COC(=O)N[C@H](C(=O)N1CC2(CC2)C[C@H]1c1ncc(-c2ccc(-c3cc(Cl)c(NC(=O)c4ccc(N5CCN(C(=O)C(C)(C)CO)C[C@H]5C)nc4)cc3OC(F)(F)F)cc2)[nH]1)C1CCOCC1. The fraction of sp³-hybridized carbons (Fsp3) is 0.489. The second-order valence-corrected chi connectivity index (χ2v) is 19.0. The summed E-state index contributed by atoms with van der Waals surface area (Å²) in [6, 6.07) is 10.9. The number of nitrogens with one attached hydrogen (secondary N) is 3. The molecule has 4 aromatic rings. The molecule has 0 radical (unpaired) electrons. The van der Waals surface area contributed by atoms with Crippen molar-refractivity contribution in [2.75, 3.05) is 63.3 Å². The van der Waals surface area contributed by atoms with Crippen LogP contribution in [0, 0.1) is 16.7 Å². The number of alkyl halides is 3. The number of pyridine rings is 1. The predicted molar refractivity (Wildman–Crippen MR) is 241 cm³/mol. The number of aliphatic hydroxyl groups is 1. The van der Waals surface area contributed by atoms with Crippen molar-refractivity contribution in [1.82, 2.24) is 30.1 Å². The van der Waals surface area contributed by atoms with Crippen molar-refractivity contribution in [3.63, 3.8) is 0 Å². The van der Waals surface area contributed by atoms with E-state index in [0.29, 0.717) is 87.1 Å². The van der Waals surface area contributed by atoms with Crippen molar-refractivity contribution >= 4 is 46.9 Å². The number of benzene rings is 2. The van der Waals surface area contributed by atoms with Crippen molar-refractivity contribution in [2.45, 2.75) is 77.4 Å². The number of imidazole rings is 1. The van der Waals surface area contributed by atoms with Gasteiger partial charge in [-0.3, -0.25) is 14.4 Å². The number of aliphatic hydroxyl groups excluding tert-OH is 1. The standard InChI is InChI=1S/C47H54ClF3N8O8/c1-27-24-57(43(63)45(2,3)26-60)15-16-58(27)38-10-9-31(22-52-38)41(61)55-34-20-37(67-47(49,50)51)32(19-33(34)48)28-5-7-29(8-6-28)35-23-53-40(54-35)36-21-46(13-14-46)25-59(36)42(62)39(56-44(64)65-4)30-11-17-66-18-12-30/h5-10,19-20,22-23,27,30,36,39,60H,11-18,21,24-26H2,1-4H3,(H,53,54)(H,55,61)(H,56,64)/t27-,36+,39+/m1/s1. The molecular formula is C47H54ClF3N8O8. The number of likely N-dealkylation sites (tertiary alicyclic amines) is 1. The normalized spacial score (nSPS) is 20.1. The van der Waals surface area contributed by atoms with Crippen molar-refractivity contribution < 1.29 is 51.7 Å². The van der Waals surface area contributed by atoms with Gasteiger partial charge in [0.2, 0.25) is 11.8 Å². The number of methoxy groups -OCH3 is 1. The largest absolute Gasteiger partial charge is 0.573 e. The highest BCUT2D eigenvalue weighted by atomic mass is 35.5. The number of nitrogens with zero attached hydrogens (tertiary/aromatic N) is 5. The molecule has 4 aliphatic rings. The van der Waals surface area contributed by atoms with Crippen LogP contribution in [0.15, 0.2) is 60.9 Å². The van der Waals surface area contributed by atoms with Crippen molar-refractivity contribution in [1.29, 1.82) is 0 Å². The molecule has 20 heteroatoms. The first kappa shape index (κ1) is 47.6. The highest BCUT2D eigenvalue weighted by Gasteiger charge is 2.55.